The van der Waals surface area contributed by atoms with Gasteiger partial charge in [-0.3, -0.25) is 0 Å². The highest BCUT2D eigenvalue weighted by Crippen LogP contribution is 2.19. The van der Waals surface area contributed by atoms with Crippen molar-refractivity contribution in [2.24, 2.45) is 0 Å². The van der Waals surface area contributed by atoms with Crippen LogP contribution in [-0.2, 0) is 13.2 Å². The van der Waals surface area contributed by atoms with Crippen molar-refractivity contribution in [3.05, 3.63) is 84.7 Å². The fourth-order valence-electron chi connectivity index (χ4n) is 3.22. The van der Waals surface area contributed by atoms with E-state index in [1.807, 2.05) is 54.6 Å². The summed E-state index contributed by atoms with van der Waals surface area (Å²) in [5.74, 6) is 2.67. The van der Waals surface area contributed by atoms with Crippen LogP contribution in [0.2, 0.25) is 0 Å². The van der Waals surface area contributed by atoms with Crippen LogP contribution in [0.25, 0.3) is 0 Å². The fourth-order valence-corrected chi connectivity index (χ4v) is 3.22. The van der Waals surface area contributed by atoms with Gasteiger partial charge in [-0.05, 0) is 42.7 Å². The molecule has 0 aliphatic heterocycles. The summed E-state index contributed by atoms with van der Waals surface area (Å²) in [5.41, 5.74) is 1.17. The summed E-state index contributed by atoms with van der Waals surface area (Å²) in [6.07, 6.45) is 10.1. The normalized spacial score (nSPS) is 10.2. The van der Waals surface area contributed by atoms with E-state index in [0.717, 1.165) is 36.8 Å². The van der Waals surface area contributed by atoms with E-state index in [0.29, 0.717) is 6.61 Å². The second kappa shape index (κ2) is 14.5. The minimum atomic E-state index is 0. The highest BCUT2D eigenvalue weighted by Gasteiger charge is 2.01. The molecule has 0 N–H and O–H groups in total. The zero-order valence-corrected chi connectivity index (χ0v) is 19.8. The third-order valence-electron chi connectivity index (χ3n) is 5.00. The van der Waals surface area contributed by atoms with Crippen molar-refractivity contribution in [2.75, 3.05) is 13.7 Å². The monoisotopic (exact) mass is 485 g/mol. The van der Waals surface area contributed by atoms with Gasteiger partial charge >= 0.3 is 0 Å². The van der Waals surface area contributed by atoms with Gasteiger partial charge < -0.3 is 31.2 Å². The van der Waals surface area contributed by atoms with E-state index in [9.17, 15) is 0 Å². The van der Waals surface area contributed by atoms with Gasteiger partial charge in [-0.25, -0.2) is 4.57 Å². The zero-order chi connectivity index (χ0) is 20.9. The first-order valence-corrected chi connectivity index (χ1v) is 10.8. The minimum Gasteiger partial charge on any atom is -1.00 e. The molecular weight excluding hydrogens is 454 g/mol. The van der Waals surface area contributed by atoms with Gasteiger partial charge in [-0.2, -0.15) is 0 Å². The van der Waals surface area contributed by atoms with E-state index in [1.165, 1.54) is 31.2 Å². The fraction of sp³-hybridized carbons (Fsp3) is 0.346. The average Bonchev–Trinajstić information content (AvgIpc) is 2.81. The summed E-state index contributed by atoms with van der Waals surface area (Å²) >= 11 is 0. The minimum absolute atomic E-state index is 0. The van der Waals surface area contributed by atoms with Crippen LogP contribution in [0.3, 0.4) is 0 Å². The number of aromatic nitrogens is 1. The highest BCUT2D eigenvalue weighted by atomic mass is 79.9. The van der Waals surface area contributed by atoms with Crippen molar-refractivity contribution in [1.29, 1.82) is 0 Å². The first-order valence-electron chi connectivity index (χ1n) is 10.8. The van der Waals surface area contributed by atoms with Gasteiger partial charge in [0.05, 0.1) is 13.7 Å². The van der Waals surface area contributed by atoms with Crippen LogP contribution in [0, 0.1) is 0 Å². The summed E-state index contributed by atoms with van der Waals surface area (Å²) in [6, 6.07) is 22.1. The van der Waals surface area contributed by atoms with Crippen molar-refractivity contribution >= 4 is 0 Å². The van der Waals surface area contributed by atoms with Gasteiger partial charge in [-0.1, -0.05) is 43.2 Å². The molecule has 31 heavy (non-hydrogen) atoms. The molecule has 0 unspecified atom stereocenters. The number of methoxy groups -OCH3 is 1. The predicted octanol–water partition coefficient (Wildman–Crippen LogP) is 2.60. The van der Waals surface area contributed by atoms with E-state index < -0.39 is 0 Å². The second-order valence-electron chi connectivity index (χ2n) is 7.34. The number of ether oxygens (including phenoxy) is 3. The Morgan fingerprint density at radius 1 is 0.645 bits per heavy atom. The Bertz CT molecular complexity index is 839. The van der Waals surface area contributed by atoms with E-state index in [-0.39, 0.29) is 17.0 Å². The molecule has 4 nitrogen and oxygen atoms in total. The number of hydrogen-bond acceptors (Lipinski definition) is 3. The number of benzene rings is 2. The SMILES string of the molecule is COc1cc[n+](CCCCCCCOc2ccc(OCc3ccccc3)cc2)cc1.[Br-]. The maximum absolute atomic E-state index is 5.85. The molecule has 0 fully saturated rings. The molecule has 0 radical (unpaired) electrons. The van der Waals surface area contributed by atoms with Crippen LogP contribution in [0.1, 0.15) is 37.7 Å². The van der Waals surface area contributed by atoms with E-state index in [2.05, 4.69) is 29.1 Å². The molecule has 1 heterocycles. The Labute approximate surface area is 196 Å². The van der Waals surface area contributed by atoms with Crippen molar-refractivity contribution in [1.82, 2.24) is 0 Å². The van der Waals surface area contributed by atoms with Crippen molar-refractivity contribution in [2.45, 2.75) is 45.3 Å². The van der Waals surface area contributed by atoms with Crippen molar-refractivity contribution in [3.8, 4) is 17.2 Å². The molecule has 3 rings (SSSR count). The largest absolute Gasteiger partial charge is 1.00 e. The second-order valence-corrected chi connectivity index (χ2v) is 7.34. The molecule has 5 heteroatoms. The van der Waals surface area contributed by atoms with Gasteiger partial charge in [0, 0.05) is 18.6 Å². The van der Waals surface area contributed by atoms with Crippen LogP contribution in [-0.4, -0.2) is 13.7 Å². The van der Waals surface area contributed by atoms with Crippen LogP contribution < -0.4 is 35.8 Å². The lowest BCUT2D eigenvalue weighted by atomic mass is 10.1. The molecule has 0 aliphatic carbocycles. The molecule has 2 aromatic carbocycles. The van der Waals surface area contributed by atoms with E-state index in [4.69, 9.17) is 14.2 Å². The number of halogens is 1. The maximum Gasteiger partial charge on any atom is 0.172 e. The lowest BCUT2D eigenvalue weighted by molar-refractivity contribution is -0.697. The standard InChI is InChI=1S/C26H32NO3.BrH/c1-28-24-16-19-27(20-17-24)18-8-3-2-4-9-21-29-25-12-14-26(15-13-25)30-22-23-10-6-5-7-11-23;/h5-7,10-17,19-20H,2-4,8-9,18,21-22H2,1H3;1H/q+1;/p-1. The third kappa shape index (κ3) is 9.43. The summed E-state index contributed by atoms with van der Waals surface area (Å²) in [7, 11) is 1.69. The van der Waals surface area contributed by atoms with Gasteiger partial charge in [-0.15, -0.1) is 0 Å². The molecule has 0 aliphatic rings. The van der Waals surface area contributed by atoms with Crippen LogP contribution in [0.4, 0.5) is 0 Å². The Hall–Kier alpha value is -2.53. The summed E-state index contributed by atoms with van der Waals surface area (Å²) in [5, 5.41) is 0. The first kappa shape index (κ1) is 24.7. The molecule has 0 saturated carbocycles. The smallest absolute Gasteiger partial charge is 0.172 e. The zero-order valence-electron chi connectivity index (χ0n) is 18.2. The van der Waals surface area contributed by atoms with Gasteiger partial charge in [0.2, 0.25) is 0 Å². The number of pyridine rings is 1. The molecule has 0 atom stereocenters. The number of unbranched alkanes of at least 4 members (excludes halogenated alkanes) is 4. The first-order chi connectivity index (χ1) is 14.8. The number of aryl methyl sites for hydroxylation is 1. The summed E-state index contributed by atoms with van der Waals surface area (Å²) < 4.78 is 19.0. The molecular formula is C26H32BrNO3. The third-order valence-corrected chi connectivity index (χ3v) is 5.00. The van der Waals surface area contributed by atoms with Crippen LogP contribution >= 0.6 is 0 Å². The van der Waals surface area contributed by atoms with Crippen LogP contribution in [0.5, 0.6) is 17.2 Å². The molecule has 0 amide bonds. The van der Waals surface area contributed by atoms with Gasteiger partial charge in [0.15, 0.2) is 12.4 Å². The summed E-state index contributed by atoms with van der Waals surface area (Å²) in [6.45, 7) is 2.40. The molecule has 166 valence electrons. The predicted molar refractivity (Wildman–Crippen MR) is 119 cm³/mol. The van der Waals surface area contributed by atoms with E-state index >= 15 is 0 Å². The molecule has 0 saturated heterocycles. The maximum atomic E-state index is 5.85. The van der Waals surface area contributed by atoms with Gasteiger partial charge in [0.1, 0.15) is 30.4 Å². The molecule has 0 bridgehead atoms. The quantitative estimate of drug-likeness (QED) is 0.275. The number of rotatable bonds is 13. The topological polar surface area (TPSA) is 31.6 Å². The summed E-state index contributed by atoms with van der Waals surface area (Å²) in [4.78, 5) is 0. The van der Waals surface area contributed by atoms with Gasteiger partial charge in [0.25, 0.3) is 0 Å². The van der Waals surface area contributed by atoms with Crippen molar-refractivity contribution in [3.63, 3.8) is 0 Å². The Kier molecular flexibility index (Phi) is 11.5. The molecule has 0 spiro atoms. The Morgan fingerprint density at radius 3 is 1.94 bits per heavy atom. The highest BCUT2D eigenvalue weighted by molar-refractivity contribution is 5.31. The Balaban J connectivity index is 0.00000341. The number of nitrogens with zero attached hydrogens (tertiary/aromatic N) is 1. The number of hydrogen-bond donors (Lipinski definition) is 0. The van der Waals surface area contributed by atoms with Crippen molar-refractivity contribution < 1.29 is 35.8 Å². The lowest BCUT2D eigenvalue weighted by Crippen LogP contribution is -3.00. The Morgan fingerprint density at radius 2 is 1.26 bits per heavy atom. The van der Waals surface area contributed by atoms with Crippen LogP contribution in [0.15, 0.2) is 79.1 Å². The average molecular weight is 486 g/mol. The molecule has 3 aromatic rings. The van der Waals surface area contributed by atoms with E-state index in [1.54, 1.807) is 7.11 Å². The lowest BCUT2D eigenvalue weighted by Gasteiger charge is -2.09. The molecule has 1 aromatic heterocycles.